The zero-order chi connectivity index (χ0) is 16.0. The number of pyridine rings is 1. The van der Waals surface area contributed by atoms with Gasteiger partial charge in [-0.25, -0.2) is 9.71 Å². The molecule has 2 aromatic rings. The molecular formula is C13H13BrN4O3S. The van der Waals surface area contributed by atoms with Gasteiger partial charge in [0.2, 0.25) is 5.91 Å². The number of imidazole rings is 1. The van der Waals surface area contributed by atoms with Gasteiger partial charge in [0.25, 0.3) is 10.0 Å². The van der Waals surface area contributed by atoms with E-state index in [0.29, 0.717) is 18.5 Å². The number of aryl methyl sites for hydroxylation is 1. The fraction of sp³-hybridized carbons (Fsp3) is 0.308. The molecule has 22 heavy (non-hydrogen) atoms. The third-order valence-corrected chi connectivity index (χ3v) is 5.54. The molecule has 0 radical (unpaired) electrons. The van der Waals surface area contributed by atoms with E-state index in [0.717, 1.165) is 4.47 Å². The zero-order valence-electron chi connectivity index (χ0n) is 11.7. The second-order valence-electron chi connectivity index (χ2n) is 5.22. The molecule has 0 aliphatic heterocycles. The number of aromatic nitrogens is 3. The van der Waals surface area contributed by atoms with E-state index in [4.69, 9.17) is 0 Å². The highest BCUT2D eigenvalue weighted by Gasteiger charge is 2.53. The van der Waals surface area contributed by atoms with Crippen LogP contribution in [0.4, 0.5) is 0 Å². The zero-order valence-corrected chi connectivity index (χ0v) is 14.1. The van der Waals surface area contributed by atoms with Gasteiger partial charge in [0.1, 0.15) is 0 Å². The minimum atomic E-state index is -3.94. The Morgan fingerprint density at radius 1 is 1.36 bits per heavy atom. The first-order chi connectivity index (χ1) is 10.3. The molecule has 1 fully saturated rings. The van der Waals surface area contributed by atoms with Crippen LogP contribution in [0.2, 0.25) is 0 Å². The maximum absolute atomic E-state index is 12.5. The maximum Gasteiger partial charge on any atom is 0.281 e. The largest absolute Gasteiger partial charge is 0.323 e. The van der Waals surface area contributed by atoms with Gasteiger partial charge in [0.05, 0.1) is 23.6 Å². The van der Waals surface area contributed by atoms with Crippen LogP contribution in [0.1, 0.15) is 18.5 Å². The summed E-state index contributed by atoms with van der Waals surface area (Å²) in [4.78, 5) is 20.4. The summed E-state index contributed by atoms with van der Waals surface area (Å²) in [5.74, 6) is -0.552. The normalized spacial score (nSPS) is 16.3. The van der Waals surface area contributed by atoms with Gasteiger partial charge in [-0.3, -0.25) is 9.78 Å². The van der Waals surface area contributed by atoms with Crippen LogP contribution in [0.3, 0.4) is 0 Å². The minimum absolute atomic E-state index is 0.0552. The van der Waals surface area contributed by atoms with Gasteiger partial charge >= 0.3 is 0 Å². The van der Waals surface area contributed by atoms with Crippen molar-refractivity contribution in [1.82, 2.24) is 19.3 Å². The molecule has 0 atom stereocenters. The molecule has 1 aliphatic carbocycles. The van der Waals surface area contributed by atoms with Crippen molar-refractivity contribution in [3.63, 3.8) is 0 Å². The molecule has 116 valence electrons. The standard InChI is InChI=1S/C13H13BrN4O3S/c1-18-8-15-7-11(18)22(20,21)17-12(19)13(4-5-13)10-3-2-9(14)6-16-10/h2-3,6-8H,4-5H2,1H3,(H,17,19). The Hall–Kier alpha value is -1.74. The fourth-order valence-electron chi connectivity index (χ4n) is 2.26. The number of hydrogen-bond donors (Lipinski definition) is 1. The van der Waals surface area contributed by atoms with Gasteiger partial charge in [0.15, 0.2) is 5.03 Å². The first-order valence-electron chi connectivity index (χ1n) is 6.51. The smallest absolute Gasteiger partial charge is 0.281 e. The van der Waals surface area contributed by atoms with Gasteiger partial charge in [-0.1, -0.05) is 0 Å². The van der Waals surface area contributed by atoms with E-state index in [1.165, 1.54) is 17.1 Å². The SMILES string of the molecule is Cn1cncc1S(=O)(=O)NC(=O)C1(c2ccc(Br)cn2)CC1. The van der Waals surface area contributed by atoms with Crippen molar-refractivity contribution >= 4 is 31.9 Å². The average Bonchev–Trinajstić information content (AvgIpc) is 3.15. The summed E-state index contributed by atoms with van der Waals surface area (Å²) in [6, 6.07) is 3.51. The van der Waals surface area contributed by atoms with Crippen LogP contribution in [0.5, 0.6) is 0 Å². The minimum Gasteiger partial charge on any atom is -0.323 e. The molecule has 0 unspecified atom stereocenters. The van der Waals surface area contributed by atoms with E-state index in [1.807, 2.05) is 0 Å². The van der Waals surface area contributed by atoms with Crippen LogP contribution < -0.4 is 4.72 Å². The van der Waals surface area contributed by atoms with Crippen LogP contribution in [0.25, 0.3) is 0 Å². The van der Waals surface area contributed by atoms with Crippen molar-refractivity contribution in [2.24, 2.45) is 7.05 Å². The lowest BCUT2D eigenvalue weighted by Gasteiger charge is -2.15. The highest BCUT2D eigenvalue weighted by atomic mass is 79.9. The summed E-state index contributed by atoms with van der Waals surface area (Å²) < 4.78 is 28.8. The van der Waals surface area contributed by atoms with Gasteiger partial charge in [-0.15, -0.1) is 0 Å². The van der Waals surface area contributed by atoms with Crippen LogP contribution >= 0.6 is 15.9 Å². The average molecular weight is 385 g/mol. The first-order valence-corrected chi connectivity index (χ1v) is 8.78. The number of nitrogens with one attached hydrogen (secondary N) is 1. The number of carbonyl (C=O) groups excluding carboxylic acids is 1. The highest BCUT2D eigenvalue weighted by Crippen LogP contribution is 2.47. The quantitative estimate of drug-likeness (QED) is 0.851. The topological polar surface area (TPSA) is 94.0 Å². The molecule has 1 N–H and O–H groups in total. The molecule has 2 heterocycles. The molecule has 0 aromatic carbocycles. The van der Waals surface area contributed by atoms with Gasteiger partial charge in [0, 0.05) is 17.7 Å². The lowest BCUT2D eigenvalue weighted by atomic mass is 10.0. The molecule has 1 amide bonds. The molecule has 7 nitrogen and oxygen atoms in total. The summed E-state index contributed by atoms with van der Waals surface area (Å²) in [6.07, 6.45) is 5.32. The Bertz CT molecular complexity index is 825. The van der Waals surface area contributed by atoms with Crippen LogP contribution in [0, 0.1) is 0 Å². The van der Waals surface area contributed by atoms with Crippen molar-refractivity contribution in [3.05, 3.63) is 41.0 Å². The number of nitrogens with zero attached hydrogens (tertiary/aromatic N) is 3. The lowest BCUT2D eigenvalue weighted by Crippen LogP contribution is -2.39. The van der Waals surface area contributed by atoms with E-state index in [1.54, 1.807) is 25.4 Å². The molecular weight excluding hydrogens is 372 g/mol. The number of halogens is 1. The fourth-order valence-corrected chi connectivity index (χ4v) is 3.66. The predicted octanol–water partition coefficient (Wildman–Crippen LogP) is 1.11. The van der Waals surface area contributed by atoms with Crippen molar-refractivity contribution in [2.75, 3.05) is 0 Å². The summed E-state index contributed by atoms with van der Waals surface area (Å²) in [5, 5.41) is -0.0552. The van der Waals surface area contributed by atoms with E-state index >= 15 is 0 Å². The Morgan fingerprint density at radius 2 is 2.09 bits per heavy atom. The molecule has 1 saturated carbocycles. The summed E-state index contributed by atoms with van der Waals surface area (Å²) in [5.41, 5.74) is -0.278. The Balaban J connectivity index is 1.86. The summed E-state index contributed by atoms with van der Waals surface area (Å²) in [6.45, 7) is 0. The summed E-state index contributed by atoms with van der Waals surface area (Å²) >= 11 is 3.28. The van der Waals surface area contributed by atoms with Crippen molar-refractivity contribution in [1.29, 1.82) is 0 Å². The number of sulfonamides is 1. The van der Waals surface area contributed by atoms with E-state index in [-0.39, 0.29) is 5.03 Å². The second kappa shape index (κ2) is 5.17. The molecule has 9 heteroatoms. The van der Waals surface area contributed by atoms with E-state index < -0.39 is 21.3 Å². The Labute approximate surface area is 136 Å². The Kier molecular flexibility index (Phi) is 3.56. The molecule has 0 saturated heterocycles. The molecule has 0 spiro atoms. The first kappa shape index (κ1) is 15.2. The van der Waals surface area contributed by atoms with Crippen LogP contribution in [-0.4, -0.2) is 28.9 Å². The molecule has 3 rings (SSSR count). The van der Waals surface area contributed by atoms with Gasteiger partial charge in [-0.2, -0.15) is 8.42 Å². The van der Waals surface area contributed by atoms with Crippen molar-refractivity contribution in [3.8, 4) is 0 Å². The molecule has 0 bridgehead atoms. The summed E-state index contributed by atoms with van der Waals surface area (Å²) in [7, 11) is -2.39. The molecule has 2 aromatic heterocycles. The number of carbonyl (C=O) groups is 1. The van der Waals surface area contributed by atoms with Gasteiger partial charge in [-0.05, 0) is 40.9 Å². The number of amides is 1. The monoisotopic (exact) mass is 384 g/mol. The maximum atomic E-state index is 12.5. The van der Waals surface area contributed by atoms with Crippen LogP contribution in [-0.2, 0) is 27.3 Å². The second-order valence-corrected chi connectivity index (χ2v) is 7.77. The van der Waals surface area contributed by atoms with Crippen molar-refractivity contribution < 1.29 is 13.2 Å². The lowest BCUT2D eigenvalue weighted by molar-refractivity contribution is -0.121. The Morgan fingerprint density at radius 3 is 2.59 bits per heavy atom. The third kappa shape index (κ3) is 2.54. The van der Waals surface area contributed by atoms with Gasteiger partial charge < -0.3 is 4.57 Å². The predicted molar refractivity (Wildman–Crippen MR) is 81.4 cm³/mol. The highest BCUT2D eigenvalue weighted by molar-refractivity contribution is 9.10. The van der Waals surface area contributed by atoms with E-state index in [9.17, 15) is 13.2 Å². The number of rotatable bonds is 4. The van der Waals surface area contributed by atoms with Crippen molar-refractivity contribution in [2.45, 2.75) is 23.3 Å². The van der Waals surface area contributed by atoms with E-state index in [2.05, 4.69) is 30.6 Å². The number of hydrogen-bond acceptors (Lipinski definition) is 5. The molecule has 1 aliphatic rings. The van der Waals surface area contributed by atoms with Crippen LogP contribution in [0.15, 0.2) is 40.4 Å². The third-order valence-electron chi connectivity index (χ3n) is 3.68.